The van der Waals surface area contributed by atoms with E-state index in [9.17, 15) is 0 Å². The SMILES string of the molecule is Cc1ccc(Cl)cc1Nc1nncc(N(Cc2ccccc2)C(C)C)n1. The predicted molar refractivity (Wildman–Crippen MR) is 107 cm³/mol. The molecule has 1 heterocycles. The minimum atomic E-state index is 0.271. The second kappa shape index (κ2) is 8.15. The lowest BCUT2D eigenvalue weighted by atomic mass is 10.2. The van der Waals surface area contributed by atoms with Gasteiger partial charge in [-0.25, -0.2) is 0 Å². The third-order valence-electron chi connectivity index (χ3n) is 4.11. The maximum absolute atomic E-state index is 6.09. The average Bonchev–Trinajstić information content (AvgIpc) is 2.63. The highest BCUT2D eigenvalue weighted by Crippen LogP contribution is 2.24. The molecule has 0 aliphatic heterocycles. The van der Waals surface area contributed by atoms with E-state index in [1.807, 2.05) is 43.3 Å². The zero-order chi connectivity index (χ0) is 18.5. The Bertz CT molecular complexity index is 867. The lowest BCUT2D eigenvalue weighted by Gasteiger charge is -2.27. The van der Waals surface area contributed by atoms with Crippen molar-refractivity contribution in [3.05, 3.63) is 70.9 Å². The summed E-state index contributed by atoms with van der Waals surface area (Å²) in [7, 11) is 0. The molecule has 0 fully saturated rings. The lowest BCUT2D eigenvalue weighted by Crippen LogP contribution is -2.31. The van der Waals surface area contributed by atoms with Crippen molar-refractivity contribution in [3.63, 3.8) is 0 Å². The van der Waals surface area contributed by atoms with Gasteiger partial charge in [0.2, 0.25) is 5.95 Å². The summed E-state index contributed by atoms with van der Waals surface area (Å²) in [6, 6.07) is 16.3. The molecule has 0 atom stereocenters. The molecule has 0 aliphatic carbocycles. The minimum absolute atomic E-state index is 0.271. The number of hydrogen-bond acceptors (Lipinski definition) is 5. The molecular formula is C20H22ClN5. The zero-order valence-electron chi connectivity index (χ0n) is 15.1. The summed E-state index contributed by atoms with van der Waals surface area (Å²) in [5, 5.41) is 12.1. The van der Waals surface area contributed by atoms with Gasteiger partial charge in [-0.15, -0.1) is 5.10 Å². The van der Waals surface area contributed by atoms with Crippen molar-refractivity contribution in [1.29, 1.82) is 0 Å². The van der Waals surface area contributed by atoms with Crippen LogP contribution >= 0.6 is 11.6 Å². The summed E-state index contributed by atoms with van der Waals surface area (Å²) in [6.45, 7) is 7.04. The number of halogens is 1. The van der Waals surface area contributed by atoms with Crippen LogP contribution in [-0.4, -0.2) is 21.2 Å². The van der Waals surface area contributed by atoms with Gasteiger partial charge in [0, 0.05) is 23.3 Å². The van der Waals surface area contributed by atoms with Crippen molar-refractivity contribution in [2.24, 2.45) is 0 Å². The van der Waals surface area contributed by atoms with Crippen LogP contribution in [0.15, 0.2) is 54.7 Å². The van der Waals surface area contributed by atoms with Crippen molar-refractivity contribution in [2.75, 3.05) is 10.2 Å². The minimum Gasteiger partial charge on any atom is -0.348 e. The normalized spacial score (nSPS) is 10.8. The first-order valence-corrected chi connectivity index (χ1v) is 8.94. The predicted octanol–water partition coefficient (Wildman–Crippen LogP) is 4.99. The monoisotopic (exact) mass is 367 g/mol. The van der Waals surface area contributed by atoms with Gasteiger partial charge in [0.25, 0.3) is 0 Å². The van der Waals surface area contributed by atoms with Gasteiger partial charge < -0.3 is 10.2 Å². The molecule has 0 spiro atoms. The van der Waals surface area contributed by atoms with Crippen molar-refractivity contribution >= 4 is 29.1 Å². The molecule has 134 valence electrons. The molecule has 0 unspecified atom stereocenters. The topological polar surface area (TPSA) is 53.9 Å². The first-order valence-electron chi connectivity index (χ1n) is 8.56. The van der Waals surface area contributed by atoms with Crippen LogP contribution < -0.4 is 10.2 Å². The van der Waals surface area contributed by atoms with Crippen molar-refractivity contribution < 1.29 is 0 Å². The summed E-state index contributed by atoms with van der Waals surface area (Å²) in [4.78, 5) is 6.85. The van der Waals surface area contributed by atoms with Crippen LogP contribution in [-0.2, 0) is 6.54 Å². The Morgan fingerprint density at radius 3 is 2.62 bits per heavy atom. The summed E-state index contributed by atoms with van der Waals surface area (Å²) >= 11 is 6.09. The van der Waals surface area contributed by atoms with Crippen LogP contribution in [0.3, 0.4) is 0 Å². The summed E-state index contributed by atoms with van der Waals surface area (Å²) < 4.78 is 0. The molecule has 0 saturated carbocycles. The number of anilines is 3. The Morgan fingerprint density at radius 1 is 1.12 bits per heavy atom. The van der Waals surface area contributed by atoms with E-state index in [0.29, 0.717) is 11.0 Å². The van der Waals surface area contributed by atoms with E-state index in [2.05, 4.69) is 51.4 Å². The summed E-state index contributed by atoms with van der Waals surface area (Å²) in [5.74, 6) is 1.23. The van der Waals surface area contributed by atoms with Crippen molar-refractivity contribution in [2.45, 2.75) is 33.4 Å². The average molecular weight is 368 g/mol. The molecule has 0 aliphatic rings. The Kier molecular flexibility index (Phi) is 5.68. The smallest absolute Gasteiger partial charge is 0.249 e. The van der Waals surface area contributed by atoms with E-state index in [0.717, 1.165) is 23.6 Å². The molecule has 5 nitrogen and oxygen atoms in total. The van der Waals surface area contributed by atoms with Gasteiger partial charge in [-0.2, -0.15) is 10.1 Å². The molecule has 0 radical (unpaired) electrons. The number of nitrogens with one attached hydrogen (secondary N) is 1. The third-order valence-corrected chi connectivity index (χ3v) is 4.34. The second-order valence-electron chi connectivity index (χ2n) is 6.43. The van der Waals surface area contributed by atoms with E-state index in [-0.39, 0.29) is 6.04 Å². The standard InChI is InChI=1S/C20H22ClN5/c1-14(2)26(13-16-7-5-4-6-8-16)19-12-22-25-20(24-19)23-18-11-17(21)10-9-15(18)3/h4-12,14H,13H2,1-3H3,(H,23,24,25). The van der Waals surface area contributed by atoms with Crippen LogP contribution in [0, 0.1) is 6.92 Å². The van der Waals surface area contributed by atoms with Gasteiger partial charge in [-0.1, -0.05) is 48.0 Å². The molecule has 26 heavy (non-hydrogen) atoms. The molecule has 1 aromatic heterocycles. The Balaban J connectivity index is 1.85. The molecule has 3 aromatic rings. The molecule has 0 amide bonds. The lowest BCUT2D eigenvalue weighted by molar-refractivity contribution is 0.668. The van der Waals surface area contributed by atoms with E-state index < -0.39 is 0 Å². The quantitative estimate of drug-likeness (QED) is 0.665. The van der Waals surface area contributed by atoms with Crippen LogP contribution in [0.5, 0.6) is 0 Å². The number of benzene rings is 2. The van der Waals surface area contributed by atoms with Crippen molar-refractivity contribution in [3.8, 4) is 0 Å². The zero-order valence-corrected chi connectivity index (χ0v) is 15.9. The fraction of sp³-hybridized carbons (Fsp3) is 0.250. The fourth-order valence-corrected chi connectivity index (χ4v) is 2.82. The third kappa shape index (κ3) is 4.49. The number of aromatic nitrogens is 3. The van der Waals surface area contributed by atoms with Crippen LogP contribution in [0.4, 0.5) is 17.5 Å². The largest absolute Gasteiger partial charge is 0.348 e. The number of nitrogens with zero attached hydrogens (tertiary/aromatic N) is 4. The highest BCUT2D eigenvalue weighted by molar-refractivity contribution is 6.30. The highest BCUT2D eigenvalue weighted by Gasteiger charge is 2.14. The number of rotatable bonds is 6. The van der Waals surface area contributed by atoms with Gasteiger partial charge in [0.1, 0.15) is 0 Å². The number of hydrogen-bond donors (Lipinski definition) is 1. The molecule has 2 aromatic carbocycles. The summed E-state index contributed by atoms with van der Waals surface area (Å²) in [5.41, 5.74) is 3.16. The van der Waals surface area contributed by atoms with Crippen LogP contribution in [0.2, 0.25) is 5.02 Å². The molecule has 3 rings (SSSR count). The van der Waals surface area contributed by atoms with Crippen molar-refractivity contribution in [1.82, 2.24) is 15.2 Å². The first kappa shape index (κ1) is 18.1. The molecule has 0 saturated heterocycles. The van der Waals surface area contributed by atoms with Gasteiger partial charge in [0.05, 0.1) is 6.20 Å². The maximum Gasteiger partial charge on any atom is 0.249 e. The van der Waals surface area contributed by atoms with E-state index in [1.54, 1.807) is 6.20 Å². The Morgan fingerprint density at radius 2 is 1.88 bits per heavy atom. The summed E-state index contributed by atoms with van der Waals surface area (Å²) in [6.07, 6.45) is 1.69. The Hall–Kier alpha value is -2.66. The second-order valence-corrected chi connectivity index (χ2v) is 6.87. The van der Waals surface area contributed by atoms with Crippen LogP contribution in [0.25, 0.3) is 0 Å². The van der Waals surface area contributed by atoms with Gasteiger partial charge in [-0.3, -0.25) is 0 Å². The van der Waals surface area contributed by atoms with Gasteiger partial charge >= 0.3 is 0 Å². The first-order chi connectivity index (χ1) is 12.5. The van der Waals surface area contributed by atoms with E-state index in [1.165, 1.54) is 5.56 Å². The van der Waals surface area contributed by atoms with Gasteiger partial charge in [-0.05, 0) is 44.0 Å². The fourth-order valence-electron chi connectivity index (χ4n) is 2.64. The maximum atomic E-state index is 6.09. The molecule has 6 heteroatoms. The molecular weight excluding hydrogens is 346 g/mol. The number of aryl methyl sites for hydroxylation is 1. The Labute approximate surface area is 159 Å². The highest BCUT2D eigenvalue weighted by atomic mass is 35.5. The van der Waals surface area contributed by atoms with E-state index in [4.69, 9.17) is 11.6 Å². The van der Waals surface area contributed by atoms with E-state index >= 15 is 0 Å². The van der Waals surface area contributed by atoms with Gasteiger partial charge in [0.15, 0.2) is 5.82 Å². The molecule has 0 bridgehead atoms. The molecule has 1 N–H and O–H groups in total. The van der Waals surface area contributed by atoms with Crippen LogP contribution in [0.1, 0.15) is 25.0 Å².